The molecule has 0 atom stereocenters. The average Bonchev–Trinajstić information content (AvgIpc) is 2.30. The van der Waals surface area contributed by atoms with Crippen molar-refractivity contribution in [3.63, 3.8) is 0 Å². The van der Waals surface area contributed by atoms with Crippen LogP contribution in [-0.4, -0.2) is 14.8 Å². The Morgan fingerprint density at radius 1 is 1.64 bits per heavy atom. The van der Waals surface area contributed by atoms with Crippen molar-refractivity contribution in [2.75, 3.05) is 0 Å². The minimum atomic E-state index is -0.175. The minimum absolute atomic E-state index is 0.175. The number of hydrogen-bond donors (Lipinski definition) is 1. The lowest BCUT2D eigenvalue weighted by molar-refractivity contribution is 0.230. The van der Waals surface area contributed by atoms with E-state index in [-0.39, 0.29) is 5.54 Å². The Morgan fingerprint density at radius 2 is 2.36 bits per heavy atom. The Hall–Kier alpha value is -0.900. The topological polar surface area (TPSA) is 56.7 Å². The lowest BCUT2D eigenvalue weighted by Crippen LogP contribution is -2.45. The first-order chi connectivity index (χ1) is 5.22. The monoisotopic (exact) mass is 152 g/mol. The highest BCUT2D eigenvalue weighted by Crippen LogP contribution is 2.36. The van der Waals surface area contributed by atoms with E-state index >= 15 is 0 Å². The summed E-state index contributed by atoms with van der Waals surface area (Å²) in [7, 11) is 1.88. The van der Waals surface area contributed by atoms with Crippen LogP contribution in [0.2, 0.25) is 0 Å². The first-order valence-corrected chi connectivity index (χ1v) is 3.86. The van der Waals surface area contributed by atoms with Crippen molar-refractivity contribution in [2.24, 2.45) is 12.8 Å². The molecule has 0 aliphatic heterocycles. The Balaban J connectivity index is 2.35. The summed E-state index contributed by atoms with van der Waals surface area (Å²) in [5, 5.41) is 3.99. The van der Waals surface area contributed by atoms with Gasteiger partial charge < -0.3 is 5.73 Å². The quantitative estimate of drug-likeness (QED) is 0.623. The second-order valence-corrected chi connectivity index (χ2v) is 3.22. The second-order valence-electron chi connectivity index (χ2n) is 3.22. The van der Waals surface area contributed by atoms with Crippen molar-refractivity contribution in [2.45, 2.75) is 24.8 Å². The van der Waals surface area contributed by atoms with Gasteiger partial charge in [-0.3, -0.25) is 4.68 Å². The van der Waals surface area contributed by atoms with Crippen LogP contribution in [0.15, 0.2) is 6.33 Å². The molecular formula is C7H12N4. The van der Waals surface area contributed by atoms with E-state index in [1.54, 1.807) is 11.0 Å². The molecule has 0 unspecified atom stereocenters. The van der Waals surface area contributed by atoms with Gasteiger partial charge in [0.1, 0.15) is 12.2 Å². The molecule has 4 nitrogen and oxygen atoms in total. The molecule has 1 aliphatic rings. The van der Waals surface area contributed by atoms with Gasteiger partial charge >= 0.3 is 0 Å². The summed E-state index contributed by atoms with van der Waals surface area (Å²) in [6.45, 7) is 0. The highest BCUT2D eigenvalue weighted by Gasteiger charge is 2.37. The zero-order chi connectivity index (χ0) is 7.90. The van der Waals surface area contributed by atoms with Crippen molar-refractivity contribution >= 4 is 0 Å². The van der Waals surface area contributed by atoms with E-state index in [1.807, 2.05) is 7.05 Å². The van der Waals surface area contributed by atoms with Crippen molar-refractivity contribution in [1.29, 1.82) is 0 Å². The summed E-state index contributed by atoms with van der Waals surface area (Å²) < 4.78 is 1.76. The summed E-state index contributed by atoms with van der Waals surface area (Å²) in [5.41, 5.74) is 5.87. The summed E-state index contributed by atoms with van der Waals surface area (Å²) in [6.07, 6.45) is 4.85. The normalized spacial score (nSPS) is 21.3. The van der Waals surface area contributed by atoms with Gasteiger partial charge in [0, 0.05) is 7.05 Å². The van der Waals surface area contributed by atoms with Gasteiger partial charge in [-0.05, 0) is 19.3 Å². The third-order valence-electron chi connectivity index (χ3n) is 2.40. The molecule has 0 amide bonds. The maximum Gasteiger partial charge on any atom is 0.146 e. The number of nitrogens with two attached hydrogens (primary N) is 1. The third-order valence-corrected chi connectivity index (χ3v) is 2.40. The fourth-order valence-corrected chi connectivity index (χ4v) is 1.53. The van der Waals surface area contributed by atoms with Crippen LogP contribution in [0.4, 0.5) is 0 Å². The fourth-order valence-electron chi connectivity index (χ4n) is 1.53. The molecule has 0 saturated heterocycles. The molecule has 60 valence electrons. The van der Waals surface area contributed by atoms with Crippen LogP contribution in [-0.2, 0) is 12.6 Å². The summed E-state index contributed by atoms with van der Waals surface area (Å²) in [6, 6.07) is 0. The number of aromatic nitrogens is 3. The first-order valence-electron chi connectivity index (χ1n) is 3.86. The predicted molar refractivity (Wildman–Crippen MR) is 40.7 cm³/mol. The van der Waals surface area contributed by atoms with Gasteiger partial charge in [-0.15, -0.1) is 0 Å². The number of rotatable bonds is 1. The Labute approximate surface area is 65.4 Å². The van der Waals surface area contributed by atoms with E-state index in [1.165, 1.54) is 6.42 Å². The molecule has 1 aromatic rings. The lowest BCUT2D eigenvalue weighted by Gasteiger charge is -2.36. The van der Waals surface area contributed by atoms with Crippen LogP contribution in [0.1, 0.15) is 25.1 Å². The van der Waals surface area contributed by atoms with E-state index < -0.39 is 0 Å². The van der Waals surface area contributed by atoms with Gasteiger partial charge in [0.2, 0.25) is 0 Å². The van der Waals surface area contributed by atoms with Crippen molar-refractivity contribution in [3.05, 3.63) is 12.2 Å². The molecule has 0 aromatic carbocycles. The molecule has 1 aromatic heterocycles. The van der Waals surface area contributed by atoms with E-state index in [4.69, 9.17) is 5.73 Å². The molecule has 4 heteroatoms. The Morgan fingerprint density at radius 3 is 2.73 bits per heavy atom. The highest BCUT2D eigenvalue weighted by atomic mass is 15.3. The molecule has 1 heterocycles. The van der Waals surface area contributed by atoms with Crippen LogP contribution in [0.3, 0.4) is 0 Å². The average molecular weight is 152 g/mol. The second kappa shape index (κ2) is 2.04. The minimum Gasteiger partial charge on any atom is -0.319 e. The van der Waals surface area contributed by atoms with Gasteiger partial charge in [-0.25, -0.2) is 4.98 Å². The predicted octanol–water partition coefficient (Wildman–Crippen LogP) is 0.153. The molecule has 1 aliphatic carbocycles. The molecule has 1 fully saturated rings. The molecular weight excluding hydrogens is 140 g/mol. The standard InChI is InChI=1S/C7H12N4/c1-11-6(9-5-10-11)7(8)3-2-4-7/h5H,2-4,8H2,1H3. The molecule has 2 N–H and O–H groups in total. The van der Waals surface area contributed by atoms with Crippen LogP contribution in [0.5, 0.6) is 0 Å². The van der Waals surface area contributed by atoms with Crippen LogP contribution in [0.25, 0.3) is 0 Å². The van der Waals surface area contributed by atoms with Gasteiger partial charge in [0.05, 0.1) is 5.54 Å². The van der Waals surface area contributed by atoms with Gasteiger partial charge in [0.15, 0.2) is 0 Å². The largest absolute Gasteiger partial charge is 0.319 e. The van der Waals surface area contributed by atoms with Crippen molar-refractivity contribution in [1.82, 2.24) is 14.8 Å². The molecule has 1 saturated carbocycles. The van der Waals surface area contributed by atoms with Crippen molar-refractivity contribution < 1.29 is 0 Å². The highest BCUT2D eigenvalue weighted by molar-refractivity contribution is 5.08. The van der Waals surface area contributed by atoms with E-state index in [0.29, 0.717) is 0 Å². The van der Waals surface area contributed by atoms with Gasteiger partial charge in [-0.1, -0.05) is 0 Å². The summed E-state index contributed by atoms with van der Waals surface area (Å²) in [4.78, 5) is 4.14. The van der Waals surface area contributed by atoms with E-state index in [0.717, 1.165) is 18.7 Å². The number of nitrogens with zero attached hydrogens (tertiary/aromatic N) is 3. The smallest absolute Gasteiger partial charge is 0.146 e. The Kier molecular flexibility index (Phi) is 1.26. The molecule has 11 heavy (non-hydrogen) atoms. The van der Waals surface area contributed by atoms with Crippen LogP contribution >= 0.6 is 0 Å². The molecule has 2 rings (SSSR count). The van der Waals surface area contributed by atoms with E-state index in [2.05, 4.69) is 10.1 Å². The van der Waals surface area contributed by atoms with E-state index in [9.17, 15) is 0 Å². The first kappa shape index (κ1) is 6.79. The third kappa shape index (κ3) is 0.860. The van der Waals surface area contributed by atoms with Crippen LogP contribution < -0.4 is 5.73 Å². The van der Waals surface area contributed by atoms with Crippen molar-refractivity contribution in [3.8, 4) is 0 Å². The summed E-state index contributed by atoms with van der Waals surface area (Å²) in [5.74, 6) is 0.920. The number of hydrogen-bond acceptors (Lipinski definition) is 3. The van der Waals surface area contributed by atoms with Gasteiger partial charge in [-0.2, -0.15) is 5.10 Å². The summed E-state index contributed by atoms with van der Waals surface area (Å²) >= 11 is 0. The fraction of sp³-hybridized carbons (Fsp3) is 0.714. The molecule has 0 radical (unpaired) electrons. The molecule has 0 spiro atoms. The SMILES string of the molecule is Cn1ncnc1C1(N)CCC1. The van der Waals surface area contributed by atoms with Gasteiger partial charge in [0.25, 0.3) is 0 Å². The maximum absolute atomic E-state index is 6.05. The molecule has 0 bridgehead atoms. The zero-order valence-corrected chi connectivity index (χ0v) is 6.62. The lowest BCUT2D eigenvalue weighted by atomic mass is 9.77. The maximum atomic E-state index is 6.05. The number of aryl methyl sites for hydroxylation is 1. The zero-order valence-electron chi connectivity index (χ0n) is 6.62. The van der Waals surface area contributed by atoms with Crippen LogP contribution in [0, 0.1) is 0 Å². The Bertz CT molecular complexity index is 261.